The van der Waals surface area contributed by atoms with Gasteiger partial charge in [0.05, 0.1) is 18.6 Å². The SMILES string of the molecule is COC(=O)[C@]12CCC(C)(C)C[C@H]1C1=CC[C@@H]3[C@@]4(C)CC[C@H](O[C@H]5O[C@H](COC(C)=O)[C@H](OC(C)=O)[C@H](OC(C)=O)[C@H]5O)C(C)(C)[C@@H]4CC[C@@]3(C)[C@]1(C)CC2. The van der Waals surface area contributed by atoms with Crippen LogP contribution in [0.3, 0.4) is 0 Å². The predicted octanol–water partition coefficient (Wildman–Crippen LogP) is 6.86. The summed E-state index contributed by atoms with van der Waals surface area (Å²) in [5.41, 5.74) is 0.939. The van der Waals surface area contributed by atoms with Crippen LogP contribution in [0.15, 0.2) is 11.6 Å². The molecule has 0 bridgehead atoms. The summed E-state index contributed by atoms with van der Waals surface area (Å²) < 4.78 is 34.8. The molecule has 5 fully saturated rings. The van der Waals surface area contributed by atoms with Gasteiger partial charge in [-0.15, -0.1) is 0 Å². The molecule has 6 aliphatic rings. The number of aliphatic hydroxyl groups excluding tert-OH is 1. The van der Waals surface area contributed by atoms with Gasteiger partial charge in [0, 0.05) is 20.8 Å². The Bertz CT molecular complexity index is 1530. The summed E-state index contributed by atoms with van der Waals surface area (Å²) in [6.07, 6.45) is 5.55. The van der Waals surface area contributed by atoms with Crippen LogP contribution < -0.4 is 0 Å². The van der Waals surface area contributed by atoms with E-state index in [0.717, 1.165) is 64.2 Å². The zero-order valence-corrected chi connectivity index (χ0v) is 34.6. The zero-order valence-electron chi connectivity index (χ0n) is 34.6. The van der Waals surface area contributed by atoms with Gasteiger partial charge in [-0.05, 0) is 109 Å². The van der Waals surface area contributed by atoms with Gasteiger partial charge in [0.2, 0.25) is 0 Å². The number of esters is 4. The summed E-state index contributed by atoms with van der Waals surface area (Å²) in [5, 5.41) is 11.6. The van der Waals surface area contributed by atoms with Gasteiger partial charge in [0.25, 0.3) is 0 Å². The maximum Gasteiger partial charge on any atom is 0.312 e. The lowest BCUT2D eigenvalue weighted by molar-refractivity contribution is -0.332. The van der Waals surface area contributed by atoms with E-state index in [-0.39, 0.29) is 51.7 Å². The van der Waals surface area contributed by atoms with Gasteiger partial charge < -0.3 is 33.5 Å². The van der Waals surface area contributed by atoms with Crippen molar-refractivity contribution in [3.05, 3.63) is 11.6 Å². The lowest BCUT2D eigenvalue weighted by Crippen LogP contribution is -2.66. The number of carbonyl (C=O) groups is 4. The fourth-order valence-corrected chi connectivity index (χ4v) is 13.2. The van der Waals surface area contributed by atoms with Crippen LogP contribution in [-0.2, 0) is 47.6 Å². The van der Waals surface area contributed by atoms with E-state index in [2.05, 4.69) is 54.5 Å². The largest absolute Gasteiger partial charge is 0.469 e. The molecule has 0 aromatic heterocycles. The third kappa shape index (κ3) is 6.53. The van der Waals surface area contributed by atoms with Crippen molar-refractivity contribution in [2.45, 2.75) is 170 Å². The highest BCUT2D eigenvalue weighted by atomic mass is 16.7. The molecular weight excluding hydrogens is 692 g/mol. The highest BCUT2D eigenvalue weighted by Crippen LogP contribution is 2.76. The summed E-state index contributed by atoms with van der Waals surface area (Å²) in [6.45, 7) is 20.2. The van der Waals surface area contributed by atoms with Crippen molar-refractivity contribution in [1.82, 2.24) is 0 Å². The molecule has 0 unspecified atom stereocenters. The molecule has 5 aliphatic carbocycles. The Balaban J connectivity index is 1.27. The number of aliphatic hydroxyl groups is 1. The molecule has 0 spiro atoms. The monoisotopic (exact) mass is 758 g/mol. The molecule has 11 nitrogen and oxygen atoms in total. The quantitative estimate of drug-likeness (QED) is 0.126. The lowest BCUT2D eigenvalue weighted by Gasteiger charge is -2.71. The summed E-state index contributed by atoms with van der Waals surface area (Å²) in [6, 6.07) is 0. The van der Waals surface area contributed by atoms with Crippen LogP contribution >= 0.6 is 0 Å². The molecule has 1 aliphatic heterocycles. The van der Waals surface area contributed by atoms with E-state index < -0.39 is 54.0 Å². The first-order chi connectivity index (χ1) is 25.1. The Morgan fingerprint density at radius 2 is 1.46 bits per heavy atom. The molecule has 13 atom stereocenters. The first-order valence-corrected chi connectivity index (χ1v) is 20.3. The van der Waals surface area contributed by atoms with Crippen molar-refractivity contribution < 1.29 is 52.7 Å². The van der Waals surface area contributed by atoms with Crippen molar-refractivity contribution in [2.75, 3.05) is 13.7 Å². The third-order valence-corrected chi connectivity index (χ3v) is 16.1. The number of hydrogen-bond acceptors (Lipinski definition) is 11. The minimum atomic E-state index is -1.46. The van der Waals surface area contributed by atoms with E-state index in [1.807, 2.05) is 0 Å². The van der Waals surface area contributed by atoms with Crippen LogP contribution in [0.25, 0.3) is 0 Å². The predicted molar refractivity (Wildman–Crippen MR) is 198 cm³/mol. The Hall–Kier alpha value is -2.50. The van der Waals surface area contributed by atoms with E-state index in [9.17, 15) is 24.3 Å². The molecule has 0 amide bonds. The van der Waals surface area contributed by atoms with Gasteiger partial charge in [0.15, 0.2) is 18.5 Å². The average molecular weight is 759 g/mol. The smallest absolute Gasteiger partial charge is 0.312 e. The average Bonchev–Trinajstić information content (AvgIpc) is 3.07. The number of rotatable bonds is 7. The molecule has 0 aromatic rings. The van der Waals surface area contributed by atoms with Gasteiger partial charge in [-0.2, -0.15) is 0 Å². The molecule has 54 heavy (non-hydrogen) atoms. The summed E-state index contributed by atoms with van der Waals surface area (Å²) in [4.78, 5) is 49.7. The standard InChI is InChI=1S/C43H66O11/c1-24(44)50-23-29-34(51-25(2)45)35(52-26(3)46)33(47)36(53-29)54-32-15-16-40(8)30(39(32,6)7)14-17-42(10)31(40)13-12-27-28-22-38(4,5)18-20-43(28,37(48)49-11)21-19-41(27,42)9/h12,28-36,47H,13-23H2,1-11H3/t28-,29+,30-,31+,32-,33+,34-,35+,36+,40-,41+,42+,43-/m0/s1. The second-order valence-corrected chi connectivity index (χ2v) is 19.8. The summed E-state index contributed by atoms with van der Waals surface area (Å²) in [7, 11) is 1.55. The van der Waals surface area contributed by atoms with Crippen LogP contribution in [0.1, 0.15) is 133 Å². The maximum absolute atomic E-state index is 13.6. The van der Waals surface area contributed by atoms with E-state index in [1.165, 1.54) is 26.3 Å². The number of carbonyl (C=O) groups excluding carboxylic acids is 4. The second-order valence-electron chi connectivity index (χ2n) is 19.8. The summed E-state index contributed by atoms with van der Waals surface area (Å²) >= 11 is 0. The number of fused-ring (bicyclic) bond motifs is 7. The highest BCUT2D eigenvalue weighted by molar-refractivity contribution is 5.78. The number of ether oxygens (including phenoxy) is 6. The Kier molecular flexibility index (Phi) is 10.8. The second kappa shape index (κ2) is 14.2. The molecule has 11 heteroatoms. The Morgan fingerprint density at radius 3 is 2.09 bits per heavy atom. The van der Waals surface area contributed by atoms with E-state index in [1.54, 1.807) is 7.11 Å². The lowest BCUT2D eigenvalue weighted by atomic mass is 9.33. The number of allylic oxidation sites excluding steroid dienone is 2. The molecule has 4 saturated carbocycles. The van der Waals surface area contributed by atoms with Gasteiger partial charge >= 0.3 is 23.9 Å². The van der Waals surface area contributed by atoms with E-state index in [0.29, 0.717) is 11.8 Å². The fraction of sp³-hybridized carbons (Fsp3) is 0.860. The highest BCUT2D eigenvalue weighted by Gasteiger charge is 2.69. The zero-order chi connectivity index (χ0) is 39.8. The molecule has 304 valence electrons. The molecule has 6 rings (SSSR count). The van der Waals surface area contributed by atoms with Crippen molar-refractivity contribution in [2.24, 2.45) is 50.2 Å². The Morgan fingerprint density at radius 1 is 0.815 bits per heavy atom. The normalized spacial score (nSPS) is 44.8. The first-order valence-electron chi connectivity index (χ1n) is 20.3. The van der Waals surface area contributed by atoms with Gasteiger partial charge in [-0.25, -0.2) is 0 Å². The number of methoxy groups -OCH3 is 1. The maximum atomic E-state index is 13.6. The van der Waals surface area contributed by atoms with Crippen molar-refractivity contribution >= 4 is 23.9 Å². The van der Waals surface area contributed by atoms with Gasteiger partial charge in [-0.1, -0.05) is 60.1 Å². The van der Waals surface area contributed by atoms with Crippen molar-refractivity contribution in [3.63, 3.8) is 0 Å². The van der Waals surface area contributed by atoms with Crippen LogP contribution in [0, 0.1) is 50.2 Å². The van der Waals surface area contributed by atoms with Crippen LogP contribution in [0.5, 0.6) is 0 Å². The van der Waals surface area contributed by atoms with Crippen LogP contribution in [-0.4, -0.2) is 79.5 Å². The third-order valence-electron chi connectivity index (χ3n) is 16.1. The molecular formula is C43H66O11. The molecule has 1 saturated heterocycles. The van der Waals surface area contributed by atoms with E-state index in [4.69, 9.17) is 28.4 Å². The first kappa shape index (κ1) is 41.1. The minimum absolute atomic E-state index is 0.00865. The van der Waals surface area contributed by atoms with E-state index >= 15 is 0 Å². The summed E-state index contributed by atoms with van der Waals surface area (Å²) in [5.74, 6) is -0.971. The molecule has 0 radical (unpaired) electrons. The topological polar surface area (TPSA) is 144 Å². The fourth-order valence-electron chi connectivity index (χ4n) is 13.2. The van der Waals surface area contributed by atoms with Crippen molar-refractivity contribution in [3.8, 4) is 0 Å². The van der Waals surface area contributed by atoms with Gasteiger partial charge in [-0.3, -0.25) is 19.2 Å². The van der Waals surface area contributed by atoms with Crippen LogP contribution in [0.4, 0.5) is 0 Å². The molecule has 1 N–H and O–H groups in total. The molecule has 0 aromatic carbocycles. The Labute approximate surface area is 321 Å². The van der Waals surface area contributed by atoms with Gasteiger partial charge in [0.1, 0.15) is 18.8 Å². The number of hydrogen-bond donors (Lipinski definition) is 1. The minimum Gasteiger partial charge on any atom is -0.469 e. The molecule has 1 heterocycles. The van der Waals surface area contributed by atoms with Crippen LogP contribution in [0.2, 0.25) is 0 Å². The van der Waals surface area contributed by atoms with Crippen molar-refractivity contribution in [1.29, 1.82) is 0 Å².